The first-order valence-electron chi connectivity index (χ1n) is 4.42. The zero-order valence-corrected chi connectivity index (χ0v) is 7.52. The van der Waals surface area contributed by atoms with E-state index in [1.54, 1.807) is 0 Å². The summed E-state index contributed by atoms with van der Waals surface area (Å²) in [4.78, 5) is 0. The highest BCUT2D eigenvalue weighted by atomic mass is 16.5. The first-order valence-corrected chi connectivity index (χ1v) is 4.42. The normalized spacial score (nSPS) is 13.5. The third kappa shape index (κ3) is 6.09. The Morgan fingerprint density at radius 1 is 1.20 bits per heavy atom. The van der Waals surface area contributed by atoms with E-state index in [1.807, 2.05) is 0 Å². The first kappa shape index (κ1) is 9.96. The number of unbranched alkanes of at least 4 members (excludes halogenated alkanes) is 1. The van der Waals surface area contributed by atoms with Gasteiger partial charge in [0.15, 0.2) is 0 Å². The predicted molar refractivity (Wildman–Crippen MR) is 45.2 cm³/mol. The molecule has 0 fully saturated rings. The lowest BCUT2D eigenvalue weighted by Gasteiger charge is -2.10. The highest BCUT2D eigenvalue weighted by molar-refractivity contribution is 4.48. The molecule has 0 aliphatic carbocycles. The molecule has 0 aliphatic rings. The second-order valence-electron chi connectivity index (χ2n) is 2.82. The molecule has 0 bridgehead atoms. The van der Waals surface area contributed by atoms with Crippen LogP contribution in [0.5, 0.6) is 0 Å². The van der Waals surface area contributed by atoms with Crippen LogP contribution in [-0.4, -0.2) is 12.7 Å². The van der Waals surface area contributed by atoms with Crippen LogP contribution in [0, 0.1) is 0 Å². The van der Waals surface area contributed by atoms with E-state index in [1.165, 1.54) is 19.3 Å². The minimum Gasteiger partial charge on any atom is -0.379 e. The maximum absolute atomic E-state index is 5.49. The highest BCUT2D eigenvalue weighted by Gasteiger charge is 1.98. The van der Waals surface area contributed by atoms with Gasteiger partial charge in [0.2, 0.25) is 0 Å². The smallest absolute Gasteiger partial charge is 0.0547 e. The van der Waals surface area contributed by atoms with Gasteiger partial charge < -0.3 is 4.74 Å². The number of rotatable bonds is 6. The van der Waals surface area contributed by atoms with Gasteiger partial charge in [-0.1, -0.05) is 26.7 Å². The summed E-state index contributed by atoms with van der Waals surface area (Å²) in [5.74, 6) is 0. The monoisotopic (exact) mass is 144 g/mol. The lowest BCUT2D eigenvalue weighted by atomic mass is 10.2. The predicted octanol–water partition coefficient (Wildman–Crippen LogP) is 2.99. The molecule has 0 amide bonds. The number of hydrogen-bond donors (Lipinski definition) is 0. The topological polar surface area (TPSA) is 9.23 Å². The Hall–Kier alpha value is -0.0400. The van der Waals surface area contributed by atoms with Crippen LogP contribution in [0.1, 0.15) is 46.5 Å². The number of hydrogen-bond acceptors (Lipinski definition) is 1. The van der Waals surface area contributed by atoms with Crippen molar-refractivity contribution in [2.24, 2.45) is 0 Å². The van der Waals surface area contributed by atoms with Crippen molar-refractivity contribution in [2.75, 3.05) is 6.61 Å². The van der Waals surface area contributed by atoms with Crippen molar-refractivity contribution in [2.45, 2.75) is 52.6 Å². The molecule has 0 spiro atoms. The molecular formula is C9H20O. The number of ether oxygens (including phenoxy) is 1. The molecule has 0 rings (SSSR count). The van der Waals surface area contributed by atoms with Gasteiger partial charge in [-0.2, -0.15) is 0 Å². The zero-order chi connectivity index (χ0) is 7.82. The lowest BCUT2D eigenvalue weighted by Crippen LogP contribution is -2.08. The Kier molecular flexibility index (Phi) is 7.04. The van der Waals surface area contributed by atoms with E-state index < -0.39 is 0 Å². The minimum absolute atomic E-state index is 0.472. The molecule has 0 N–H and O–H groups in total. The Balaban J connectivity index is 3.00. The standard InChI is InChI=1S/C9H20O/c1-4-6-7-9(3)10-8-5-2/h9H,4-8H2,1-3H3/t9-/m0/s1. The molecule has 0 aliphatic heterocycles. The molecular weight excluding hydrogens is 124 g/mol. The molecule has 0 radical (unpaired) electrons. The minimum atomic E-state index is 0.472. The van der Waals surface area contributed by atoms with Gasteiger partial charge in [-0.15, -0.1) is 0 Å². The van der Waals surface area contributed by atoms with Crippen molar-refractivity contribution in [3.8, 4) is 0 Å². The summed E-state index contributed by atoms with van der Waals surface area (Å²) in [5, 5.41) is 0. The van der Waals surface area contributed by atoms with E-state index in [0.29, 0.717) is 6.10 Å². The van der Waals surface area contributed by atoms with E-state index in [-0.39, 0.29) is 0 Å². The van der Waals surface area contributed by atoms with Gasteiger partial charge in [0.05, 0.1) is 6.10 Å². The third-order valence-corrected chi connectivity index (χ3v) is 1.57. The van der Waals surface area contributed by atoms with E-state index in [2.05, 4.69) is 20.8 Å². The Labute approximate surface area is 64.8 Å². The maximum atomic E-state index is 5.49. The van der Waals surface area contributed by atoms with Crippen LogP contribution in [0.3, 0.4) is 0 Å². The van der Waals surface area contributed by atoms with Crippen LogP contribution >= 0.6 is 0 Å². The average Bonchev–Trinajstić information content (AvgIpc) is 1.97. The molecule has 0 aromatic heterocycles. The van der Waals surface area contributed by atoms with Gasteiger partial charge in [0.1, 0.15) is 0 Å². The molecule has 1 nitrogen and oxygen atoms in total. The van der Waals surface area contributed by atoms with E-state index >= 15 is 0 Å². The largest absolute Gasteiger partial charge is 0.379 e. The lowest BCUT2D eigenvalue weighted by molar-refractivity contribution is 0.0593. The quantitative estimate of drug-likeness (QED) is 0.557. The fraction of sp³-hybridized carbons (Fsp3) is 1.00. The van der Waals surface area contributed by atoms with Gasteiger partial charge in [-0.3, -0.25) is 0 Å². The van der Waals surface area contributed by atoms with Crippen molar-refractivity contribution < 1.29 is 4.74 Å². The van der Waals surface area contributed by atoms with Crippen molar-refractivity contribution in [3.63, 3.8) is 0 Å². The van der Waals surface area contributed by atoms with Gasteiger partial charge in [0, 0.05) is 6.61 Å². The fourth-order valence-electron chi connectivity index (χ4n) is 0.894. The summed E-state index contributed by atoms with van der Waals surface area (Å²) in [7, 11) is 0. The maximum Gasteiger partial charge on any atom is 0.0547 e. The third-order valence-electron chi connectivity index (χ3n) is 1.57. The molecule has 0 saturated heterocycles. The van der Waals surface area contributed by atoms with Crippen LogP contribution < -0.4 is 0 Å². The second kappa shape index (κ2) is 7.07. The van der Waals surface area contributed by atoms with Gasteiger partial charge in [-0.25, -0.2) is 0 Å². The molecule has 1 heteroatoms. The van der Waals surface area contributed by atoms with Gasteiger partial charge >= 0.3 is 0 Å². The second-order valence-corrected chi connectivity index (χ2v) is 2.82. The van der Waals surface area contributed by atoms with Crippen LogP contribution in [0.2, 0.25) is 0 Å². The molecule has 0 aromatic carbocycles. The molecule has 0 saturated carbocycles. The van der Waals surface area contributed by atoms with Crippen LogP contribution in [0.4, 0.5) is 0 Å². The van der Waals surface area contributed by atoms with E-state index in [0.717, 1.165) is 13.0 Å². The van der Waals surface area contributed by atoms with Gasteiger partial charge in [0.25, 0.3) is 0 Å². The SMILES string of the molecule is CCCC[C@H](C)OCCC. The van der Waals surface area contributed by atoms with Crippen molar-refractivity contribution in [1.82, 2.24) is 0 Å². The highest BCUT2D eigenvalue weighted by Crippen LogP contribution is 2.03. The Bertz CT molecular complexity index is 53.7. The summed E-state index contributed by atoms with van der Waals surface area (Å²) >= 11 is 0. The van der Waals surface area contributed by atoms with Crippen LogP contribution in [0.15, 0.2) is 0 Å². The zero-order valence-electron chi connectivity index (χ0n) is 7.52. The molecule has 10 heavy (non-hydrogen) atoms. The first-order chi connectivity index (χ1) is 4.81. The Morgan fingerprint density at radius 2 is 1.90 bits per heavy atom. The summed E-state index contributed by atoms with van der Waals surface area (Å²) in [5.41, 5.74) is 0. The van der Waals surface area contributed by atoms with Crippen molar-refractivity contribution in [3.05, 3.63) is 0 Å². The summed E-state index contributed by atoms with van der Waals surface area (Å²) in [6, 6.07) is 0. The molecule has 62 valence electrons. The van der Waals surface area contributed by atoms with Crippen LogP contribution in [-0.2, 0) is 4.74 Å². The fourth-order valence-corrected chi connectivity index (χ4v) is 0.894. The summed E-state index contributed by atoms with van der Waals surface area (Å²) in [6.45, 7) is 7.44. The molecule has 0 heterocycles. The summed E-state index contributed by atoms with van der Waals surface area (Å²) in [6.07, 6.45) is 5.40. The molecule has 0 unspecified atom stereocenters. The van der Waals surface area contributed by atoms with Crippen molar-refractivity contribution >= 4 is 0 Å². The van der Waals surface area contributed by atoms with Crippen LogP contribution in [0.25, 0.3) is 0 Å². The molecule has 1 atom stereocenters. The van der Waals surface area contributed by atoms with Crippen molar-refractivity contribution in [1.29, 1.82) is 0 Å². The van der Waals surface area contributed by atoms with Gasteiger partial charge in [-0.05, 0) is 19.8 Å². The van der Waals surface area contributed by atoms with E-state index in [9.17, 15) is 0 Å². The Morgan fingerprint density at radius 3 is 2.40 bits per heavy atom. The van der Waals surface area contributed by atoms with E-state index in [4.69, 9.17) is 4.74 Å². The molecule has 0 aromatic rings. The summed E-state index contributed by atoms with van der Waals surface area (Å²) < 4.78 is 5.49. The average molecular weight is 144 g/mol.